The number of carbonyl (C=O) groups is 2. The van der Waals surface area contributed by atoms with Crippen LogP contribution in [-0.4, -0.2) is 16.8 Å². The summed E-state index contributed by atoms with van der Waals surface area (Å²) in [5.74, 6) is 0.340. The lowest BCUT2D eigenvalue weighted by molar-refractivity contribution is 0.0455. The molecule has 1 aromatic carbocycles. The number of nitrogens with zero attached hydrogens (tertiary/aromatic N) is 1. The van der Waals surface area contributed by atoms with Crippen LogP contribution in [0.15, 0.2) is 60.4 Å². The van der Waals surface area contributed by atoms with Gasteiger partial charge in [-0.2, -0.15) is 0 Å². The van der Waals surface area contributed by atoms with Crippen molar-refractivity contribution in [2.45, 2.75) is 13.1 Å². The molecule has 0 bridgehead atoms. The molecule has 1 atom stereocenters. The van der Waals surface area contributed by atoms with Crippen LogP contribution in [0.1, 0.15) is 38.6 Å². The lowest BCUT2D eigenvalue weighted by Crippen LogP contribution is -2.52. The van der Waals surface area contributed by atoms with Gasteiger partial charge in [-0.15, -0.1) is 0 Å². The van der Waals surface area contributed by atoms with Gasteiger partial charge in [-0.25, -0.2) is 5.01 Å². The highest BCUT2D eigenvalue weighted by atomic mass is 79.9. The first-order chi connectivity index (χ1) is 12.9. The summed E-state index contributed by atoms with van der Waals surface area (Å²) in [5.41, 5.74) is 3.68. The Labute approximate surface area is 170 Å². The van der Waals surface area contributed by atoms with Crippen molar-refractivity contribution in [1.29, 1.82) is 0 Å². The molecular weight excluding hydrogens is 482 g/mol. The van der Waals surface area contributed by atoms with Gasteiger partial charge in [0, 0.05) is 10.2 Å². The summed E-state index contributed by atoms with van der Waals surface area (Å²) in [6, 6.07) is 12.0. The van der Waals surface area contributed by atoms with Gasteiger partial charge in [0.1, 0.15) is 11.5 Å². The highest BCUT2D eigenvalue weighted by molar-refractivity contribution is 9.10. The van der Waals surface area contributed by atoms with Crippen LogP contribution < -0.4 is 10.7 Å². The van der Waals surface area contributed by atoms with Crippen LogP contribution in [0.25, 0.3) is 0 Å². The van der Waals surface area contributed by atoms with Crippen molar-refractivity contribution in [1.82, 2.24) is 10.4 Å². The van der Waals surface area contributed by atoms with Crippen LogP contribution in [0.5, 0.6) is 0 Å². The third-order valence-corrected chi connectivity index (χ3v) is 4.95. The van der Waals surface area contributed by atoms with Gasteiger partial charge in [0.25, 0.3) is 5.91 Å². The van der Waals surface area contributed by atoms with E-state index < -0.39 is 12.1 Å². The van der Waals surface area contributed by atoms with E-state index in [-0.39, 0.29) is 11.7 Å². The molecular formula is C18H13Br2N3O4. The number of hydrogen-bond acceptors (Lipinski definition) is 5. The minimum absolute atomic E-state index is 0.0732. The Morgan fingerprint density at radius 1 is 1.15 bits per heavy atom. The molecule has 3 heterocycles. The van der Waals surface area contributed by atoms with Gasteiger partial charge in [0.15, 0.2) is 16.6 Å². The van der Waals surface area contributed by atoms with E-state index in [1.54, 1.807) is 30.3 Å². The zero-order valence-electron chi connectivity index (χ0n) is 14.0. The zero-order valence-corrected chi connectivity index (χ0v) is 17.1. The quantitative estimate of drug-likeness (QED) is 0.554. The number of carbonyl (C=O) groups excluding carboxylic acids is 2. The Bertz CT molecular complexity index is 1040. The van der Waals surface area contributed by atoms with Gasteiger partial charge >= 0.3 is 5.91 Å². The number of anilines is 1. The first-order valence-electron chi connectivity index (χ1n) is 7.94. The molecule has 3 aromatic rings. The molecule has 2 aromatic heterocycles. The van der Waals surface area contributed by atoms with Gasteiger partial charge in [0.2, 0.25) is 0 Å². The van der Waals surface area contributed by atoms with Gasteiger partial charge in [-0.1, -0.05) is 15.9 Å². The maximum Gasteiger partial charge on any atom is 0.305 e. The molecule has 9 heteroatoms. The molecule has 0 unspecified atom stereocenters. The minimum atomic E-state index is -0.706. The standard InChI is InChI=1S/C18H13Br2N3O4/c1-9-2-5-13(26-9)16-21-12-4-3-10(19)8-11(12)18(25)23(16)22-17(24)14-6-7-15(20)27-14/h2-8,16,21H,1H3,(H,22,24)/t16-/m1/s1. The van der Waals surface area contributed by atoms with Crippen molar-refractivity contribution in [3.05, 3.63) is 74.5 Å². The number of aryl methyl sites for hydroxylation is 1. The van der Waals surface area contributed by atoms with Crippen molar-refractivity contribution in [2.75, 3.05) is 5.32 Å². The molecule has 4 rings (SSSR count). The molecule has 0 saturated carbocycles. The smallest absolute Gasteiger partial charge is 0.305 e. The Morgan fingerprint density at radius 2 is 1.96 bits per heavy atom. The first kappa shape index (κ1) is 17.9. The molecule has 0 fully saturated rings. The van der Waals surface area contributed by atoms with Gasteiger partial charge < -0.3 is 14.2 Å². The fraction of sp³-hybridized carbons (Fsp3) is 0.111. The number of hydrazine groups is 1. The Kier molecular flexibility index (Phi) is 4.56. The molecule has 2 N–H and O–H groups in total. The number of furan rings is 2. The van der Waals surface area contributed by atoms with Crippen LogP contribution >= 0.6 is 31.9 Å². The van der Waals surface area contributed by atoms with Crippen molar-refractivity contribution in [2.24, 2.45) is 0 Å². The molecule has 1 aliphatic rings. The first-order valence-corrected chi connectivity index (χ1v) is 9.53. The zero-order chi connectivity index (χ0) is 19.1. The number of hydrogen-bond donors (Lipinski definition) is 2. The maximum atomic E-state index is 13.1. The normalized spacial score (nSPS) is 16.0. The number of fused-ring (bicyclic) bond motifs is 1. The third kappa shape index (κ3) is 3.40. The Morgan fingerprint density at radius 3 is 2.63 bits per heavy atom. The van der Waals surface area contributed by atoms with E-state index in [0.29, 0.717) is 27.4 Å². The number of nitrogens with one attached hydrogen (secondary N) is 2. The van der Waals surface area contributed by atoms with E-state index in [2.05, 4.69) is 42.6 Å². The Balaban J connectivity index is 1.72. The second-order valence-electron chi connectivity index (χ2n) is 5.91. The summed E-state index contributed by atoms with van der Waals surface area (Å²) >= 11 is 6.53. The predicted molar refractivity (Wildman–Crippen MR) is 104 cm³/mol. The summed E-state index contributed by atoms with van der Waals surface area (Å²) in [6.07, 6.45) is -0.706. The molecule has 7 nitrogen and oxygen atoms in total. The van der Waals surface area contributed by atoms with Crippen molar-refractivity contribution in [3.63, 3.8) is 0 Å². The summed E-state index contributed by atoms with van der Waals surface area (Å²) < 4.78 is 12.1. The molecule has 1 aliphatic heterocycles. The predicted octanol–water partition coefficient (Wildman–Crippen LogP) is 4.62. The minimum Gasteiger partial charge on any atom is -0.462 e. The van der Waals surface area contributed by atoms with Crippen LogP contribution in [0.3, 0.4) is 0 Å². The average molecular weight is 495 g/mol. The van der Waals surface area contributed by atoms with E-state index in [1.165, 1.54) is 11.1 Å². The number of halogens is 2. The lowest BCUT2D eigenvalue weighted by atomic mass is 10.1. The number of amides is 2. The van der Waals surface area contributed by atoms with E-state index in [4.69, 9.17) is 8.83 Å². The molecule has 0 saturated heterocycles. The van der Waals surface area contributed by atoms with E-state index >= 15 is 0 Å². The SMILES string of the molecule is Cc1ccc([C@@H]2Nc3ccc(Br)cc3C(=O)N2NC(=O)c2ccc(Br)o2)o1. The van der Waals surface area contributed by atoms with Crippen molar-refractivity contribution >= 4 is 49.4 Å². The van der Waals surface area contributed by atoms with Gasteiger partial charge in [0.05, 0.1) is 5.56 Å². The lowest BCUT2D eigenvalue weighted by Gasteiger charge is -2.36. The number of benzene rings is 1. The van der Waals surface area contributed by atoms with Gasteiger partial charge in [-0.05, 0) is 65.3 Å². The fourth-order valence-electron chi connectivity index (χ4n) is 2.79. The molecule has 0 spiro atoms. The van der Waals surface area contributed by atoms with Crippen LogP contribution in [0, 0.1) is 6.92 Å². The third-order valence-electron chi connectivity index (χ3n) is 4.03. The highest BCUT2D eigenvalue weighted by Crippen LogP contribution is 2.34. The highest BCUT2D eigenvalue weighted by Gasteiger charge is 2.36. The van der Waals surface area contributed by atoms with E-state index in [0.717, 1.165) is 4.47 Å². The molecule has 0 radical (unpaired) electrons. The van der Waals surface area contributed by atoms with E-state index in [9.17, 15) is 9.59 Å². The summed E-state index contributed by atoms with van der Waals surface area (Å²) in [6.45, 7) is 1.81. The summed E-state index contributed by atoms with van der Waals surface area (Å²) in [5, 5.41) is 4.43. The molecule has 0 aliphatic carbocycles. The Hall–Kier alpha value is -2.52. The topological polar surface area (TPSA) is 87.7 Å². The van der Waals surface area contributed by atoms with E-state index in [1.807, 2.05) is 13.0 Å². The number of rotatable bonds is 3. The molecule has 2 amide bonds. The summed E-state index contributed by atoms with van der Waals surface area (Å²) in [7, 11) is 0. The average Bonchev–Trinajstić information content (AvgIpc) is 3.26. The van der Waals surface area contributed by atoms with Crippen LogP contribution in [0.4, 0.5) is 5.69 Å². The second-order valence-corrected chi connectivity index (χ2v) is 7.60. The van der Waals surface area contributed by atoms with Crippen molar-refractivity contribution in [3.8, 4) is 0 Å². The largest absolute Gasteiger partial charge is 0.462 e. The second kappa shape index (κ2) is 6.90. The van der Waals surface area contributed by atoms with Gasteiger partial charge in [-0.3, -0.25) is 15.0 Å². The van der Waals surface area contributed by atoms with Crippen molar-refractivity contribution < 1.29 is 18.4 Å². The molecule has 138 valence electrons. The summed E-state index contributed by atoms with van der Waals surface area (Å²) in [4.78, 5) is 25.6. The molecule has 27 heavy (non-hydrogen) atoms. The van der Waals surface area contributed by atoms with Crippen LogP contribution in [-0.2, 0) is 0 Å². The maximum absolute atomic E-state index is 13.1. The fourth-order valence-corrected chi connectivity index (χ4v) is 3.46. The monoisotopic (exact) mass is 493 g/mol. The van der Waals surface area contributed by atoms with Crippen LogP contribution in [0.2, 0.25) is 0 Å².